The Labute approximate surface area is 875 Å². The molecule has 21 nitrogen and oxygen atoms in total. The number of halogens is 4. The molecule has 0 bridgehead atoms. The number of rotatable bonds is 28. The number of para-hydroxylation sites is 4. The summed E-state index contributed by atoms with van der Waals surface area (Å²) in [6.07, 6.45) is 16.4. The second-order valence-corrected chi connectivity index (χ2v) is 36.8. The Morgan fingerprint density at radius 1 is 0.380 bits per heavy atom. The van der Waals surface area contributed by atoms with Crippen molar-refractivity contribution < 1.29 is 107 Å². The topological polar surface area (TPSA) is 359 Å². The molecule has 0 fully saturated rings. The summed E-state index contributed by atoms with van der Waals surface area (Å²) >= 11 is 10.6. The molecule has 5 aliphatic rings. The Bertz CT molecular complexity index is 6590. The van der Waals surface area contributed by atoms with E-state index in [1.54, 1.807) is 61.5 Å². The molecule has 0 heterocycles. The van der Waals surface area contributed by atoms with Crippen molar-refractivity contribution in [2.24, 2.45) is 17.2 Å². The summed E-state index contributed by atoms with van der Waals surface area (Å²) in [6.45, 7) is 20.0. The fraction of sp³-hybridized carbons (Fsp3) is 0.243. The molecule has 142 heavy (non-hydrogen) atoms. The van der Waals surface area contributed by atoms with E-state index < -0.39 is 13.1 Å². The molecular formula is C115H121BBr3ClLiN3O18. The average molecular weight is 2130 g/mol. The molecule has 0 atom stereocenters. The summed E-state index contributed by atoms with van der Waals surface area (Å²) in [5.74, 6) is 0.227. The van der Waals surface area contributed by atoms with Crippen molar-refractivity contribution in [3.05, 3.63) is 394 Å². The molecule has 12 aromatic carbocycles. The van der Waals surface area contributed by atoms with Gasteiger partial charge in [0.15, 0.2) is 0 Å². The number of hydrogen-bond donors (Lipinski definition) is 8. The average Bonchev–Trinajstić information content (AvgIpc) is 1.61. The number of carbonyl (C=O) groups excluding carboxylic acids is 4. The number of carboxylic acid groups (broad SMARTS) is 1. The molecule has 27 heteroatoms. The van der Waals surface area contributed by atoms with Crippen LogP contribution in [0.5, 0.6) is 23.0 Å². The molecule has 12 aromatic rings. The number of allylic oxidation sites excluding steroid dienone is 5. The number of aliphatic carboxylic acids is 1. The summed E-state index contributed by atoms with van der Waals surface area (Å²) in [5.41, 5.74) is 52.6. The van der Waals surface area contributed by atoms with Crippen LogP contribution < -0.4 is 55.7 Å². The van der Waals surface area contributed by atoms with Crippen LogP contribution in [0.4, 0.5) is 0 Å². The molecule has 0 spiro atoms. The Kier molecular flexibility index (Phi) is 46.5. The van der Waals surface area contributed by atoms with Crippen LogP contribution in [0, 0.1) is 0 Å². The van der Waals surface area contributed by atoms with Gasteiger partial charge in [-0.2, -0.15) is 0 Å². The fourth-order valence-corrected chi connectivity index (χ4v) is 18.6. The van der Waals surface area contributed by atoms with Crippen LogP contribution in [-0.2, 0) is 142 Å². The van der Waals surface area contributed by atoms with Gasteiger partial charge in [0.2, 0.25) is 0 Å². The molecular weight excluding hydrogens is 2000 g/mol. The van der Waals surface area contributed by atoms with Crippen LogP contribution >= 0.6 is 60.2 Å². The van der Waals surface area contributed by atoms with Gasteiger partial charge in [-0.15, -0.1) is 12.4 Å². The molecule has 12 N–H and O–H groups in total. The molecule has 0 radical (unpaired) electrons. The third-order valence-electron chi connectivity index (χ3n) is 23.1. The number of benzene rings is 12. The second kappa shape index (κ2) is 57.3. The van der Waals surface area contributed by atoms with Crippen molar-refractivity contribution >= 4 is 133 Å². The summed E-state index contributed by atoms with van der Waals surface area (Å²) in [4.78, 5) is 57.3. The maximum absolute atomic E-state index is 12.0. The van der Waals surface area contributed by atoms with Crippen molar-refractivity contribution in [3.63, 3.8) is 0 Å². The molecule has 0 saturated heterocycles. The largest absolute Gasteiger partial charge is 1.00 e. The maximum Gasteiger partial charge on any atom is 1.00 e. The fourth-order valence-electron chi connectivity index (χ4n) is 16.7. The molecule has 0 aromatic heterocycles. The van der Waals surface area contributed by atoms with E-state index in [2.05, 4.69) is 192 Å². The van der Waals surface area contributed by atoms with E-state index in [-0.39, 0.29) is 98.7 Å². The van der Waals surface area contributed by atoms with Gasteiger partial charge >= 0.3 is 55.8 Å². The number of fused-ring (bicyclic) bond motifs is 5. The molecule has 17 rings (SSSR count). The van der Waals surface area contributed by atoms with Gasteiger partial charge < -0.3 is 81.2 Å². The van der Waals surface area contributed by atoms with Crippen LogP contribution in [0.15, 0.2) is 272 Å². The quantitative estimate of drug-likeness (QED) is 0.0128. The number of aliphatic hydroxyl groups excluding tert-OH is 1. The number of nitrogens with two attached hydrogens (primary N) is 3. The predicted octanol–water partition coefficient (Wildman–Crippen LogP) is 19.2. The van der Waals surface area contributed by atoms with E-state index in [4.69, 9.17) is 70.6 Å². The van der Waals surface area contributed by atoms with Gasteiger partial charge in [-0.3, -0.25) is 19.2 Å². The number of carboxylic acids is 1. The van der Waals surface area contributed by atoms with E-state index in [1.165, 1.54) is 107 Å². The van der Waals surface area contributed by atoms with Crippen molar-refractivity contribution in [2.45, 2.75) is 159 Å². The first-order valence-corrected chi connectivity index (χ1v) is 48.5. The number of aliphatic hydroxyl groups is 1. The van der Waals surface area contributed by atoms with Crippen LogP contribution in [-0.4, -0.2) is 94.7 Å². The maximum atomic E-state index is 12.0. The van der Waals surface area contributed by atoms with E-state index in [0.717, 1.165) is 107 Å². The number of phenols is 1. The minimum Gasteiger partial charge on any atom is -0.870 e. The van der Waals surface area contributed by atoms with E-state index >= 15 is 0 Å². The zero-order valence-electron chi connectivity index (χ0n) is 81.7. The summed E-state index contributed by atoms with van der Waals surface area (Å²) in [7, 11) is -0.00559. The van der Waals surface area contributed by atoms with Gasteiger partial charge in [-0.25, -0.2) is 4.79 Å². The molecule has 0 unspecified atom stereocenters. The van der Waals surface area contributed by atoms with Crippen LogP contribution in [0.25, 0.3) is 52.6 Å². The SMILES string of the molecule is CC1=Cc2c(Br)cc(CO)cc2C1.CC1=Cc2c(cc(COc3ccccc3CC(=O)O)cc2-c2cccc(CN)c2)C1.CCOC(=O)Cc1ccccc1O.CCOC(=O)Cc1ccccc1OCc1cc(Br)c2c(c1)CC(C)=C2.CCOC(=O)Cc1ccccc1OCc1cc2c(c(-c3cccc(CN)c3)c1)C=C(C)C2.COC(=O)c1cc(Br)c2c(c1)CC(C)=C2.Cl.NCc1cccc(B(O)O)c1.[Li+].[OH-]. The first-order valence-electron chi connectivity index (χ1n) is 46.1. The number of phenolic OH excluding ortho intramolecular Hbond substituents is 1. The number of methoxy groups -OCH3 is 1. The van der Waals surface area contributed by atoms with Gasteiger partial charge in [-0.05, 0) is 283 Å². The molecule has 0 aliphatic heterocycles. The van der Waals surface area contributed by atoms with Crippen molar-refractivity contribution in [1.29, 1.82) is 0 Å². The third-order valence-corrected chi connectivity index (χ3v) is 25.1. The van der Waals surface area contributed by atoms with Gasteiger partial charge in [-0.1, -0.05) is 264 Å². The Hall–Kier alpha value is -12.0. The number of ether oxygens (including phenoxy) is 7. The van der Waals surface area contributed by atoms with Crippen molar-refractivity contribution in [1.82, 2.24) is 0 Å². The van der Waals surface area contributed by atoms with Gasteiger partial charge in [0.25, 0.3) is 0 Å². The normalized spacial score (nSPS) is 11.9. The third kappa shape index (κ3) is 33.6. The summed E-state index contributed by atoms with van der Waals surface area (Å²) < 4.78 is 40.9. The van der Waals surface area contributed by atoms with E-state index in [0.29, 0.717) is 92.9 Å². The van der Waals surface area contributed by atoms with Crippen molar-refractivity contribution in [3.8, 4) is 45.3 Å². The zero-order valence-corrected chi connectivity index (χ0v) is 87.3. The van der Waals surface area contributed by atoms with Crippen LogP contribution in [0.3, 0.4) is 0 Å². The standard InChI is InChI=1S/C28H29NO3.C26H25NO3.C21H21BrO3.C12H11BrO2.C11H11BrO.C10H12O3.C7H10BNO2.ClH.Li.H2O/c1-3-31-28(30)16-23-8-4-5-10-27(23)32-18-21-14-24-11-19(2)12-25(24)26(15-21)22-9-6-7-20(13-22)17-29;1-17-9-22-12-19(16-30-25-8-3-2-6-21(25)14-26(28)29)13-24(23(22)10-17)20-7-4-5-18(11-20)15-27;1-3-24-21(23)12-16-6-4-5-7-20(16)25-13-15-10-17-8-14(2)9-18(17)19(22)11-15;1-7-3-8-5-9(12(14)15-2)6-11(13)10(8)4-7;1-7-2-9-4-8(6-13)5-11(12)10(9)3-7;1-2-13-10(12)7-8-5-3-4-6-9(8)11;9-5-6-2-1-3-7(4-6)8(10)11;;;/h4-10,12-15H,3,11,16-18,29H2,1-2H3;2-8,10-13H,9,14-16,27H2,1H3,(H,28,29);4-7,9-11H,3,8,12-13H2,1-2H3;4-6H,3H2,1-2H3;3-5,13H,2,6H2,1H3;3-6,11H,2,7H2,1H3;1-4,10-11H,5,9H2;1H;;1H2/q;;;;;;;;+1;/p-1. The Morgan fingerprint density at radius 2 is 0.704 bits per heavy atom. The molecule has 736 valence electrons. The minimum atomic E-state index is -1.40. The Morgan fingerprint density at radius 3 is 1.08 bits per heavy atom. The van der Waals surface area contributed by atoms with E-state index in [9.17, 15) is 29.1 Å². The van der Waals surface area contributed by atoms with Crippen molar-refractivity contribution in [2.75, 3.05) is 26.9 Å². The number of aromatic hydroxyl groups is 1. The summed E-state index contributed by atoms with van der Waals surface area (Å²) in [6, 6.07) is 73.8. The molecule has 0 saturated carbocycles. The number of esters is 4. The molecule has 5 aliphatic carbocycles. The van der Waals surface area contributed by atoms with Gasteiger partial charge in [0.05, 0.1) is 64.8 Å². The first-order chi connectivity index (χ1) is 66.9. The number of hydrogen-bond acceptors (Lipinski definition) is 20. The smallest absolute Gasteiger partial charge is 0.870 e. The van der Waals surface area contributed by atoms with Gasteiger partial charge in [0, 0.05) is 55.3 Å². The van der Waals surface area contributed by atoms with Crippen LogP contribution in [0.1, 0.15) is 183 Å². The Balaban J connectivity index is 0.000000209. The summed E-state index contributed by atoms with van der Waals surface area (Å²) in [5, 5.41) is 45.0. The second-order valence-electron chi connectivity index (χ2n) is 34.2. The first kappa shape index (κ1) is 115. The molecule has 0 amide bonds. The van der Waals surface area contributed by atoms with Crippen LogP contribution in [0.2, 0.25) is 0 Å². The predicted molar refractivity (Wildman–Crippen MR) is 572 cm³/mol. The van der Waals surface area contributed by atoms with Gasteiger partial charge in [0.1, 0.15) is 42.8 Å². The monoisotopic (exact) mass is 2120 g/mol. The minimum absolute atomic E-state index is 0. The zero-order chi connectivity index (χ0) is 99.8. The number of carbonyl (C=O) groups is 5. The van der Waals surface area contributed by atoms with E-state index in [1.807, 2.05) is 111 Å².